The highest BCUT2D eigenvalue weighted by atomic mass is 32.2. The number of hydrogen-bond donors (Lipinski definition) is 0. The van der Waals surface area contributed by atoms with Gasteiger partial charge in [-0.05, 0) is 55.2 Å². The van der Waals surface area contributed by atoms with E-state index < -0.39 is 15.8 Å². The fourth-order valence-electron chi connectivity index (χ4n) is 4.27. The van der Waals surface area contributed by atoms with E-state index in [-0.39, 0.29) is 24.0 Å². The zero-order valence-electron chi connectivity index (χ0n) is 19.4. The third kappa shape index (κ3) is 6.40. The largest absolute Gasteiger partial charge is 0.375 e. The van der Waals surface area contributed by atoms with Crippen LogP contribution in [0.1, 0.15) is 49.7 Å². The van der Waals surface area contributed by atoms with Crippen LogP contribution in [0.15, 0.2) is 47.4 Å². The van der Waals surface area contributed by atoms with E-state index in [2.05, 4.69) is 0 Å². The monoisotopic (exact) mass is 476 g/mol. The molecule has 6 nitrogen and oxygen atoms in total. The van der Waals surface area contributed by atoms with Crippen molar-refractivity contribution in [1.29, 1.82) is 0 Å². The second-order valence-electron chi connectivity index (χ2n) is 8.48. The van der Waals surface area contributed by atoms with E-state index in [1.54, 1.807) is 11.8 Å². The maximum absolute atomic E-state index is 13.6. The van der Waals surface area contributed by atoms with Gasteiger partial charge in [-0.15, -0.1) is 0 Å². The second-order valence-corrected chi connectivity index (χ2v) is 10.4. The molecule has 2 aromatic rings. The molecule has 0 saturated heterocycles. The Kier molecular flexibility index (Phi) is 9.00. The van der Waals surface area contributed by atoms with Crippen molar-refractivity contribution < 1.29 is 22.3 Å². The molecule has 1 aliphatic rings. The van der Waals surface area contributed by atoms with Gasteiger partial charge in [0.1, 0.15) is 12.4 Å². The van der Waals surface area contributed by atoms with Gasteiger partial charge in [-0.1, -0.05) is 43.9 Å². The van der Waals surface area contributed by atoms with Crippen LogP contribution < -0.4 is 4.90 Å². The zero-order valence-corrected chi connectivity index (χ0v) is 20.2. The normalized spacial score (nSPS) is 16.9. The quantitative estimate of drug-likeness (QED) is 0.644. The zero-order chi connectivity index (χ0) is 23.8. The molecule has 0 N–H and O–H groups in total. The summed E-state index contributed by atoms with van der Waals surface area (Å²) in [7, 11) is -2.37. The molecular weight excluding hydrogens is 443 g/mol. The molecule has 3 rings (SSSR count). The smallest absolute Gasteiger partial charge is 0.252 e. The van der Waals surface area contributed by atoms with Gasteiger partial charge in [-0.3, -0.25) is 4.79 Å². The van der Waals surface area contributed by atoms with Gasteiger partial charge in [0, 0.05) is 32.4 Å². The average Bonchev–Trinajstić information content (AvgIpc) is 2.79. The fraction of sp³-hybridized carbons (Fsp3) is 0.480. The highest BCUT2D eigenvalue weighted by Gasteiger charge is 2.28. The van der Waals surface area contributed by atoms with Crippen LogP contribution in [-0.2, 0) is 26.1 Å². The summed E-state index contributed by atoms with van der Waals surface area (Å²) in [4.78, 5) is 14.7. The van der Waals surface area contributed by atoms with Crippen molar-refractivity contribution in [2.45, 2.75) is 56.9 Å². The van der Waals surface area contributed by atoms with Crippen molar-refractivity contribution in [1.82, 2.24) is 4.31 Å². The number of fused-ring (bicyclic) bond motifs is 1. The lowest BCUT2D eigenvalue weighted by Gasteiger charge is -2.28. The number of amides is 1. The Morgan fingerprint density at radius 2 is 1.67 bits per heavy atom. The molecule has 1 amide bonds. The molecule has 1 aliphatic heterocycles. The number of aryl methyl sites for hydroxylation is 1. The summed E-state index contributed by atoms with van der Waals surface area (Å²) >= 11 is 0. The minimum absolute atomic E-state index is 0.0366. The van der Waals surface area contributed by atoms with Crippen molar-refractivity contribution in [2.75, 3.05) is 31.7 Å². The maximum atomic E-state index is 13.6. The Bertz CT molecular complexity index is 1060. The van der Waals surface area contributed by atoms with Crippen molar-refractivity contribution in [2.24, 2.45) is 0 Å². The van der Waals surface area contributed by atoms with E-state index in [4.69, 9.17) is 4.74 Å². The Balaban J connectivity index is 2.03. The molecule has 180 valence electrons. The molecule has 0 saturated carbocycles. The molecule has 33 heavy (non-hydrogen) atoms. The van der Waals surface area contributed by atoms with Crippen LogP contribution in [0.5, 0.6) is 0 Å². The highest BCUT2D eigenvalue weighted by Crippen LogP contribution is 2.28. The van der Waals surface area contributed by atoms with E-state index in [0.29, 0.717) is 24.3 Å². The molecule has 0 aromatic heterocycles. The number of halogens is 1. The first-order valence-electron chi connectivity index (χ1n) is 11.5. The van der Waals surface area contributed by atoms with Crippen LogP contribution in [0.3, 0.4) is 0 Å². The van der Waals surface area contributed by atoms with Crippen molar-refractivity contribution in [3.8, 4) is 0 Å². The predicted octanol–water partition coefficient (Wildman–Crippen LogP) is 4.66. The Morgan fingerprint density at radius 3 is 2.36 bits per heavy atom. The number of hydrogen-bond acceptors (Lipinski definition) is 4. The molecule has 0 atom stereocenters. The Morgan fingerprint density at radius 1 is 1.00 bits per heavy atom. The molecule has 0 aliphatic carbocycles. The maximum Gasteiger partial charge on any atom is 0.252 e. The minimum atomic E-state index is -3.86. The molecule has 0 radical (unpaired) electrons. The van der Waals surface area contributed by atoms with Crippen molar-refractivity contribution in [3.63, 3.8) is 0 Å². The Labute approximate surface area is 196 Å². The van der Waals surface area contributed by atoms with Gasteiger partial charge < -0.3 is 9.64 Å². The van der Waals surface area contributed by atoms with E-state index in [9.17, 15) is 17.6 Å². The number of methoxy groups -OCH3 is 1. The summed E-state index contributed by atoms with van der Waals surface area (Å²) in [5, 5.41) is 0. The number of benzene rings is 2. The predicted molar refractivity (Wildman–Crippen MR) is 127 cm³/mol. The van der Waals surface area contributed by atoms with Crippen LogP contribution >= 0.6 is 0 Å². The summed E-state index contributed by atoms with van der Waals surface area (Å²) in [6.07, 6.45) is 5.62. The van der Waals surface area contributed by atoms with Crippen molar-refractivity contribution in [3.05, 3.63) is 59.4 Å². The topological polar surface area (TPSA) is 66.9 Å². The van der Waals surface area contributed by atoms with Gasteiger partial charge in [0.15, 0.2) is 0 Å². The molecule has 0 bridgehead atoms. The number of nitrogens with zero attached hydrogens (tertiary/aromatic N) is 2. The lowest BCUT2D eigenvalue weighted by molar-refractivity contribution is -0.122. The number of carbonyl (C=O) groups excluding carboxylic acids is 1. The second kappa shape index (κ2) is 11.7. The first-order chi connectivity index (χ1) is 15.8. The average molecular weight is 477 g/mol. The molecule has 1 heterocycles. The van der Waals surface area contributed by atoms with Gasteiger partial charge >= 0.3 is 0 Å². The van der Waals surface area contributed by atoms with Crippen molar-refractivity contribution >= 4 is 21.6 Å². The fourth-order valence-corrected chi connectivity index (χ4v) is 5.93. The Hall–Kier alpha value is -2.29. The summed E-state index contributed by atoms with van der Waals surface area (Å²) in [6.45, 7) is 2.62. The van der Waals surface area contributed by atoms with Crippen LogP contribution in [0, 0.1) is 12.7 Å². The molecule has 0 spiro atoms. The highest BCUT2D eigenvalue weighted by molar-refractivity contribution is 7.89. The number of rotatable bonds is 4. The lowest BCUT2D eigenvalue weighted by Crippen LogP contribution is -2.37. The van der Waals surface area contributed by atoms with Crippen LogP contribution in [0.25, 0.3) is 0 Å². The van der Waals surface area contributed by atoms with Gasteiger partial charge in [0.25, 0.3) is 5.91 Å². The lowest BCUT2D eigenvalue weighted by atomic mass is 10.1. The van der Waals surface area contributed by atoms with E-state index in [1.165, 1.54) is 29.6 Å². The molecular formula is C25H33FN2O4S. The third-order valence-corrected chi connectivity index (χ3v) is 8.00. The van der Waals surface area contributed by atoms with Gasteiger partial charge in [0.2, 0.25) is 10.0 Å². The number of ether oxygens (including phenoxy) is 1. The molecule has 0 unspecified atom stereocenters. The summed E-state index contributed by atoms with van der Waals surface area (Å²) in [6, 6.07) is 11.2. The van der Waals surface area contributed by atoms with Gasteiger partial charge in [-0.2, -0.15) is 4.31 Å². The standard InChI is InChI=1S/C25H33FN2O4S/c1-20-17-22(26)13-14-24(20)33(30,31)27-15-9-5-3-4-6-10-16-28(25(29)19-32-2)23-12-8-7-11-21(23)18-27/h7-8,11-14,17H,3-6,9-10,15-16,18-19H2,1-2H3. The minimum Gasteiger partial charge on any atom is -0.375 e. The first-order valence-corrected chi connectivity index (χ1v) is 12.9. The van der Waals surface area contributed by atoms with E-state index in [0.717, 1.165) is 44.1 Å². The number of carbonyl (C=O) groups is 1. The van der Waals surface area contributed by atoms with Crippen LogP contribution in [0.4, 0.5) is 10.1 Å². The SMILES string of the molecule is COCC(=O)N1CCCCCCCCN(S(=O)(=O)c2ccc(F)cc2C)Cc2ccccc21. The van der Waals surface area contributed by atoms with Gasteiger partial charge in [-0.25, -0.2) is 12.8 Å². The molecule has 0 fully saturated rings. The molecule has 2 aromatic carbocycles. The number of anilines is 1. The molecule has 8 heteroatoms. The van der Waals surface area contributed by atoms with Gasteiger partial charge in [0.05, 0.1) is 4.90 Å². The summed E-state index contributed by atoms with van der Waals surface area (Å²) in [5.41, 5.74) is 1.84. The first kappa shape index (κ1) is 25.3. The van der Waals surface area contributed by atoms with Crippen LogP contribution in [-0.4, -0.2) is 45.4 Å². The van der Waals surface area contributed by atoms with E-state index >= 15 is 0 Å². The van der Waals surface area contributed by atoms with E-state index in [1.807, 2.05) is 24.3 Å². The summed E-state index contributed by atoms with van der Waals surface area (Å²) in [5.74, 6) is -0.613. The third-order valence-electron chi connectivity index (χ3n) is 5.99. The number of sulfonamides is 1. The van der Waals surface area contributed by atoms with Crippen LogP contribution in [0.2, 0.25) is 0 Å². The summed E-state index contributed by atoms with van der Waals surface area (Å²) < 4.78 is 47.5. The number of para-hydroxylation sites is 1.